The van der Waals surface area contributed by atoms with Gasteiger partial charge in [0, 0.05) is 19.3 Å². The molecule has 0 saturated carbocycles. The molecule has 0 aliphatic carbocycles. The van der Waals surface area contributed by atoms with Crippen molar-refractivity contribution in [2.75, 3.05) is 13.2 Å². The molecule has 0 aliphatic rings. The lowest BCUT2D eigenvalue weighted by Crippen LogP contribution is -2.30. The lowest BCUT2D eigenvalue weighted by atomic mass is 10.1. The van der Waals surface area contributed by atoms with Crippen molar-refractivity contribution in [2.24, 2.45) is 0 Å². The van der Waals surface area contributed by atoms with Gasteiger partial charge in [-0.05, 0) is 83.5 Å². The van der Waals surface area contributed by atoms with Crippen molar-refractivity contribution < 1.29 is 28.6 Å². The van der Waals surface area contributed by atoms with Gasteiger partial charge >= 0.3 is 17.9 Å². The molecule has 0 aromatic rings. The van der Waals surface area contributed by atoms with E-state index in [9.17, 15) is 14.4 Å². The van der Waals surface area contributed by atoms with Crippen molar-refractivity contribution >= 4 is 17.9 Å². The second-order valence-corrected chi connectivity index (χ2v) is 16.5. The van der Waals surface area contributed by atoms with Gasteiger partial charge in [0.2, 0.25) is 0 Å². The van der Waals surface area contributed by atoms with Gasteiger partial charge in [-0.2, -0.15) is 0 Å². The molecular formula is C56H92O6. The zero-order valence-corrected chi connectivity index (χ0v) is 40.1. The summed E-state index contributed by atoms with van der Waals surface area (Å²) in [4.78, 5) is 37.8. The lowest BCUT2D eigenvalue weighted by molar-refractivity contribution is -0.167. The molecule has 0 rings (SSSR count). The fraction of sp³-hybridized carbons (Fsp3) is 0.661. The number of carbonyl (C=O) groups is 3. The van der Waals surface area contributed by atoms with Gasteiger partial charge in [-0.25, -0.2) is 0 Å². The second kappa shape index (κ2) is 50.0. The van der Waals surface area contributed by atoms with Gasteiger partial charge in [0.05, 0.1) is 0 Å². The van der Waals surface area contributed by atoms with Crippen LogP contribution in [0.25, 0.3) is 0 Å². The summed E-state index contributed by atoms with van der Waals surface area (Å²) in [7, 11) is 0. The number of carbonyl (C=O) groups excluding carboxylic acids is 3. The average molecular weight is 861 g/mol. The fourth-order valence-corrected chi connectivity index (χ4v) is 6.65. The molecule has 1 atom stereocenters. The number of ether oxygens (including phenoxy) is 3. The van der Waals surface area contributed by atoms with Crippen LogP contribution in [0.1, 0.15) is 220 Å². The van der Waals surface area contributed by atoms with Crippen LogP contribution in [0.3, 0.4) is 0 Å². The molecule has 1 unspecified atom stereocenters. The Morgan fingerprint density at radius 3 is 1.13 bits per heavy atom. The van der Waals surface area contributed by atoms with Crippen LogP contribution in [0.2, 0.25) is 0 Å². The Bertz CT molecular complexity index is 1260. The zero-order valence-electron chi connectivity index (χ0n) is 40.1. The molecule has 0 aromatic carbocycles. The number of hydrogen-bond donors (Lipinski definition) is 0. The summed E-state index contributed by atoms with van der Waals surface area (Å²) in [5.41, 5.74) is 0. The van der Waals surface area contributed by atoms with Gasteiger partial charge in [0.15, 0.2) is 6.10 Å². The highest BCUT2D eigenvalue weighted by Crippen LogP contribution is 2.13. The monoisotopic (exact) mass is 861 g/mol. The predicted octanol–water partition coefficient (Wildman–Crippen LogP) is 16.6. The largest absolute Gasteiger partial charge is 0.462 e. The van der Waals surface area contributed by atoms with Crippen LogP contribution in [0, 0.1) is 0 Å². The molecular weight excluding hydrogens is 769 g/mol. The SMILES string of the molecule is CC\C=C/C=C\C=C/C=C\C=C\C=C/CCCCCC(=O)OC(COC(=O)CCC/C=C\CCCCCC)COC(=O)CCCCCCC/C=C\CCCCCCCCCCC. The average Bonchev–Trinajstić information content (AvgIpc) is 3.27. The van der Waals surface area contributed by atoms with Gasteiger partial charge in [0.1, 0.15) is 13.2 Å². The Hall–Kier alpha value is -3.67. The molecule has 0 aromatic heterocycles. The normalized spacial score (nSPS) is 12.9. The number of hydrogen-bond acceptors (Lipinski definition) is 6. The molecule has 0 amide bonds. The Morgan fingerprint density at radius 2 is 0.661 bits per heavy atom. The molecule has 0 bridgehead atoms. The Kier molecular flexibility index (Phi) is 47.0. The Labute approximate surface area is 381 Å². The summed E-state index contributed by atoms with van der Waals surface area (Å²) in [5.74, 6) is -1.00. The van der Waals surface area contributed by atoms with Crippen molar-refractivity contribution in [3.8, 4) is 0 Å². The van der Waals surface area contributed by atoms with E-state index in [0.717, 1.165) is 70.6 Å². The van der Waals surface area contributed by atoms with Crippen molar-refractivity contribution in [1.82, 2.24) is 0 Å². The third-order valence-electron chi connectivity index (χ3n) is 10.5. The van der Waals surface area contributed by atoms with Crippen LogP contribution in [-0.2, 0) is 28.6 Å². The number of esters is 3. The topological polar surface area (TPSA) is 78.9 Å². The van der Waals surface area contributed by atoms with Crippen LogP contribution < -0.4 is 0 Å². The summed E-state index contributed by atoms with van der Waals surface area (Å²) in [5, 5.41) is 0. The molecule has 0 aliphatic heterocycles. The van der Waals surface area contributed by atoms with E-state index in [-0.39, 0.29) is 37.5 Å². The van der Waals surface area contributed by atoms with E-state index in [1.165, 1.54) is 96.3 Å². The van der Waals surface area contributed by atoms with E-state index in [0.29, 0.717) is 25.7 Å². The maximum absolute atomic E-state index is 12.8. The molecule has 6 heteroatoms. The predicted molar refractivity (Wildman–Crippen MR) is 265 cm³/mol. The van der Waals surface area contributed by atoms with Crippen LogP contribution in [0.5, 0.6) is 0 Å². The maximum Gasteiger partial charge on any atom is 0.306 e. The second-order valence-electron chi connectivity index (χ2n) is 16.5. The molecule has 62 heavy (non-hydrogen) atoms. The minimum Gasteiger partial charge on any atom is -0.462 e. The van der Waals surface area contributed by atoms with Gasteiger partial charge in [-0.1, -0.05) is 214 Å². The van der Waals surface area contributed by atoms with Gasteiger partial charge in [0.25, 0.3) is 0 Å². The Balaban J connectivity index is 4.46. The summed E-state index contributed by atoms with van der Waals surface area (Å²) in [6.07, 6.45) is 65.4. The van der Waals surface area contributed by atoms with E-state index < -0.39 is 6.10 Å². The van der Waals surface area contributed by atoms with Crippen molar-refractivity contribution in [3.05, 3.63) is 97.2 Å². The van der Waals surface area contributed by atoms with Crippen LogP contribution in [0.15, 0.2) is 97.2 Å². The van der Waals surface area contributed by atoms with Gasteiger partial charge < -0.3 is 14.2 Å². The summed E-state index contributed by atoms with van der Waals surface area (Å²) in [6.45, 7) is 6.38. The lowest BCUT2D eigenvalue weighted by Gasteiger charge is -2.18. The van der Waals surface area contributed by atoms with E-state index in [2.05, 4.69) is 57.2 Å². The fourth-order valence-electron chi connectivity index (χ4n) is 6.65. The molecule has 0 heterocycles. The molecule has 0 fully saturated rings. The first-order valence-electron chi connectivity index (χ1n) is 25.3. The van der Waals surface area contributed by atoms with Crippen LogP contribution in [-0.4, -0.2) is 37.2 Å². The highest BCUT2D eigenvalue weighted by atomic mass is 16.6. The summed E-state index contributed by atoms with van der Waals surface area (Å²) < 4.78 is 16.7. The van der Waals surface area contributed by atoms with Gasteiger partial charge in [-0.3, -0.25) is 14.4 Å². The Morgan fingerprint density at radius 1 is 0.339 bits per heavy atom. The van der Waals surface area contributed by atoms with Crippen LogP contribution >= 0.6 is 0 Å². The minimum atomic E-state index is -0.814. The van der Waals surface area contributed by atoms with Crippen molar-refractivity contribution in [3.63, 3.8) is 0 Å². The van der Waals surface area contributed by atoms with Crippen molar-refractivity contribution in [1.29, 1.82) is 0 Å². The minimum absolute atomic E-state index is 0.110. The number of unbranched alkanes of at least 4 members (excludes halogenated alkanes) is 22. The third kappa shape index (κ3) is 47.4. The van der Waals surface area contributed by atoms with Crippen LogP contribution in [0.4, 0.5) is 0 Å². The summed E-state index contributed by atoms with van der Waals surface area (Å²) in [6, 6.07) is 0. The molecule has 352 valence electrons. The van der Waals surface area contributed by atoms with E-state index >= 15 is 0 Å². The first-order valence-corrected chi connectivity index (χ1v) is 25.3. The van der Waals surface area contributed by atoms with Gasteiger partial charge in [-0.15, -0.1) is 0 Å². The molecule has 0 spiro atoms. The zero-order chi connectivity index (χ0) is 45.1. The molecule has 0 radical (unpaired) electrons. The van der Waals surface area contributed by atoms with E-state index in [1.807, 2.05) is 60.8 Å². The third-order valence-corrected chi connectivity index (χ3v) is 10.5. The number of allylic oxidation sites excluding steroid dienone is 16. The maximum atomic E-state index is 12.8. The van der Waals surface area contributed by atoms with Crippen molar-refractivity contribution in [2.45, 2.75) is 226 Å². The molecule has 0 saturated heterocycles. The summed E-state index contributed by atoms with van der Waals surface area (Å²) >= 11 is 0. The highest BCUT2D eigenvalue weighted by molar-refractivity contribution is 5.71. The standard InChI is InChI=1S/C56H92O6/c1-4-7-10-13-16-19-21-23-25-27-29-30-32-34-37-40-43-46-49-55(58)61-52-53(51-60-54(57)48-45-42-39-36-18-15-12-9-6-3)62-56(59)50-47-44-41-38-35-33-31-28-26-24-22-20-17-14-11-8-5-2/h8,11,14,17,20,22,24,26,28-31,33,35-36,39,53H,4-7,9-10,12-13,15-16,18-19,21,23,25,27,32,34,37-38,40-52H2,1-3H3/b11-8-,17-14-,22-20-,26-24-,30-29-,31-28+,35-33-,39-36-. The first kappa shape index (κ1) is 58.3. The smallest absolute Gasteiger partial charge is 0.306 e. The molecule has 0 N–H and O–H groups in total. The molecule has 6 nitrogen and oxygen atoms in total. The van der Waals surface area contributed by atoms with E-state index in [4.69, 9.17) is 14.2 Å². The first-order chi connectivity index (χ1) is 30.5. The quantitative estimate of drug-likeness (QED) is 0.0200. The van der Waals surface area contributed by atoms with E-state index in [1.54, 1.807) is 0 Å². The highest BCUT2D eigenvalue weighted by Gasteiger charge is 2.19. The number of rotatable bonds is 44.